The first-order valence-corrected chi connectivity index (χ1v) is 11.4. The highest BCUT2D eigenvalue weighted by molar-refractivity contribution is 7.92. The molecular formula is C20H26N6O4S. The Morgan fingerprint density at radius 1 is 1.19 bits per heavy atom. The number of nitrogens with one attached hydrogen (secondary N) is 2. The van der Waals surface area contributed by atoms with E-state index < -0.39 is 15.9 Å². The Morgan fingerprint density at radius 2 is 1.87 bits per heavy atom. The van der Waals surface area contributed by atoms with E-state index in [0.29, 0.717) is 18.8 Å². The second-order valence-electron chi connectivity index (χ2n) is 7.59. The predicted octanol–water partition coefficient (Wildman–Crippen LogP) is 1.02. The van der Waals surface area contributed by atoms with Crippen molar-refractivity contribution in [1.82, 2.24) is 19.8 Å². The Kier molecular flexibility index (Phi) is 7.18. The summed E-state index contributed by atoms with van der Waals surface area (Å²) in [7, 11) is 0.106. The Labute approximate surface area is 181 Å². The minimum Gasteiger partial charge on any atom is -0.342 e. The summed E-state index contributed by atoms with van der Waals surface area (Å²) in [6.07, 6.45) is 3.90. The lowest BCUT2D eigenvalue weighted by molar-refractivity contribution is -0.128. The van der Waals surface area contributed by atoms with Gasteiger partial charge < -0.3 is 15.1 Å². The summed E-state index contributed by atoms with van der Waals surface area (Å²) in [6.45, 7) is 1.90. The SMILES string of the molecule is CN(C)CCCN1CC(C(=O)Nc2ccc(S(=O)(=O)Nc3ncccn3)cc2)CC1=O. The minimum atomic E-state index is -3.85. The van der Waals surface area contributed by atoms with E-state index in [2.05, 4.69) is 24.9 Å². The fraction of sp³-hybridized carbons (Fsp3) is 0.400. The number of aromatic nitrogens is 2. The third-order valence-corrected chi connectivity index (χ3v) is 6.19. The van der Waals surface area contributed by atoms with Crippen LogP contribution in [0.4, 0.5) is 11.6 Å². The molecule has 1 saturated heterocycles. The molecule has 2 N–H and O–H groups in total. The highest BCUT2D eigenvalue weighted by atomic mass is 32.2. The highest BCUT2D eigenvalue weighted by Crippen LogP contribution is 2.21. The van der Waals surface area contributed by atoms with Crippen LogP contribution in [-0.2, 0) is 19.6 Å². The lowest BCUT2D eigenvalue weighted by Crippen LogP contribution is -2.30. The van der Waals surface area contributed by atoms with E-state index in [4.69, 9.17) is 0 Å². The number of carbonyl (C=O) groups excluding carboxylic acids is 2. The average molecular weight is 447 g/mol. The zero-order valence-electron chi connectivity index (χ0n) is 17.5. The van der Waals surface area contributed by atoms with Crippen LogP contribution in [0.3, 0.4) is 0 Å². The van der Waals surface area contributed by atoms with Gasteiger partial charge in [-0.1, -0.05) is 0 Å². The average Bonchev–Trinajstić information content (AvgIpc) is 3.09. The fourth-order valence-corrected chi connectivity index (χ4v) is 4.19. The lowest BCUT2D eigenvalue weighted by Gasteiger charge is -2.18. The molecule has 0 saturated carbocycles. The van der Waals surface area contributed by atoms with Crippen LogP contribution >= 0.6 is 0 Å². The maximum Gasteiger partial charge on any atom is 0.264 e. The van der Waals surface area contributed by atoms with Crippen LogP contribution < -0.4 is 10.0 Å². The van der Waals surface area contributed by atoms with Gasteiger partial charge in [-0.05, 0) is 57.4 Å². The maximum absolute atomic E-state index is 12.6. The van der Waals surface area contributed by atoms with Crippen LogP contribution in [0.15, 0.2) is 47.6 Å². The molecule has 11 heteroatoms. The van der Waals surface area contributed by atoms with Crippen molar-refractivity contribution in [3.05, 3.63) is 42.7 Å². The predicted molar refractivity (Wildman–Crippen MR) is 116 cm³/mol. The Bertz CT molecular complexity index is 1010. The number of rotatable bonds is 9. The molecule has 166 valence electrons. The fourth-order valence-electron chi connectivity index (χ4n) is 3.23. The van der Waals surface area contributed by atoms with Gasteiger partial charge in [0.15, 0.2) is 0 Å². The van der Waals surface area contributed by atoms with Crippen LogP contribution in [-0.4, -0.2) is 73.7 Å². The van der Waals surface area contributed by atoms with E-state index in [1.807, 2.05) is 14.1 Å². The summed E-state index contributed by atoms with van der Waals surface area (Å²) in [5, 5.41) is 2.76. The number of anilines is 2. The topological polar surface area (TPSA) is 125 Å². The van der Waals surface area contributed by atoms with Crippen molar-refractivity contribution in [2.45, 2.75) is 17.7 Å². The van der Waals surface area contributed by atoms with Gasteiger partial charge in [-0.15, -0.1) is 0 Å². The highest BCUT2D eigenvalue weighted by Gasteiger charge is 2.34. The molecule has 2 amide bonds. The van der Waals surface area contributed by atoms with Crippen LogP contribution in [0.1, 0.15) is 12.8 Å². The molecule has 3 rings (SSSR count). The van der Waals surface area contributed by atoms with Crippen molar-refractivity contribution in [3.8, 4) is 0 Å². The number of likely N-dealkylation sites (tertiary alicyclic amines) is 1. The summed E-state index contributed by atoms with van der Waals surface area (Å²) in [5.41, 5.74) is 0.457. The molecule has 1 unspecified atom stereocenters. The first kappa shape index (κ1) is 22.6. The number of hydrogen-bond acceptors (Lipinski definition) is 7. The largest absolute Gasteiger partial charge is 0.342 e. The zero-order valence-corrected chi connectivity index (χ0v) is 18.3. The molecule has 1 atom stereocenters. The second-order valence-corrected chi connectivity index (χ2v) is 9.27. The first-order chi connectivity index (χ1) is 14.7. The second kappa shape index (κ2) is 9.84. The molecule has 1 aromatic carbocycles. The van der Waals surface area contributed by atoms with E-state index >= 15 is 0 Å². The van der Waals surface area contributed by atoms with Crippen molar-refractivity contribution >= 4 is 33.5 Å². The van der Waals surface area contributed by atoms with Crippen LogP contribution in [0.5, 0.6) is 0 Å². The Balaban J connectivity index is 1.56. The summed E-state index contributed by atoms with van der Waals surface area (Å²) in [4.78, 5) is 36.2. The number of carbonyl (C=O) groups is 2. The van der Waals surface area contributed by atoms with Crippen LogP contribution in [0.25, 0.3) is 0 Å². The van der Waals surface area contributed by atoms with Crippen LogP contribution in [0.2, 0.25) is 0 Å². The normalized spacial score (nSPS) is 16.5. The molecule has 1 aliphatic rings. The van der Waals surface area contributed by atoms with Gasteiger partial charge in [-0.25, -0.2) is 23.1 Å². The quantitative estimate of drug-likeness (QED) is 0.589. The molecule has 1 aliphatic heterocycles. The molecule has 0 bridgehead atoms. The smallest absolute Gasteiger partial charge is 0.264 e. The molecule has 0 aliphatic carbocycles. The van der Waals surface area contributed by atoms with E-state index in [-0.39, 0.29) is 29.1 Å². The molecule has 0 spiro atoms. The van der Waals surface area contributed by atoms with E-state index in [9.17, 15) is 18.0 Å². The van der Waals surface area contributed by atoms with E-state index in [1.165, 1.54) is 36.7 Å². The number of hydrogen-bond donors (Lipinski definition) is 2. The van der Waals surface area contributed by atoms with Gasteiger partial charge in [-0.3, -0.25) is 9.59 Å². The molecule has 31 heavy (non-hydrogen) atoms. The van der Waals surface area contributed by atoms with Gasteiger partial charge in [0.05, 0.1) is 10.8 Å². The van der Waals surface area contributed by atoms with Crippen LogP contribution in [0, 0.1) is 5.92 Å². The molecular weight excluding hydrogens is 420 g/mol. The lowest BCUT2D eigenvalue weighted by atomic mass is 10.1. The van der Waals surface area contributed by atoms with Crippen molar-refractivity contribution in [3.63, 3.8) is 0 Å². The summed E-state index contributed by atoms with van der Waals surface area (Å²) in [6, 6.07) is 7.35. The van der Waals surface area contributed by atoms with Gasteiger partial charge in [0.1, 0.15) is 0 Å². The monoisotopic (exact) mass is 446 g/mol. The number of sulfonamides is 1. The number of benzene rings is 1. The number of nitrogens with zero attached hydrogens (tertiary/aromatic N) is 4. The molecule has 0 radical (unpaired) electrons. The van der Waals surface area contributed by atoms with Crippen molar-refractivity contribution < 1.29 is 18.0 Å². The molecule has 1 fully saturated rings. The molecule has 10 nitrogen and oxygen atoms in total. The van der Waals surface area contributed by atoms with Crippen molar-refractivity contribution in [2.75, 3.05) is 43.8 Å². The Morgan fingerprint density at radius 3 is 2.52 bits per heavy atom. The maximum atomic E-state index is 12.6. The third-order valence-electron chi connectivity index (χ3n) is 4.84. The summed E-state index contributed by atoms with van der Waals surface area (Å²) >= 11 is 0. The summed E-state index contributed by atoms with van der Waals surface area (Å²) in [5.74, 6) is -0.725. The third kappa shape index (κ3) is 6.22. The molecule has 2 heterocycles. The standard InChI is InChI=1S/C20H26N6O4S/c1-25(2)11-4-12-26-14-15(13-18(26)27)19(28)23-16-5-7-17(8-6-16)31(29,30)24-20-21-9-3-10-22-20/h3,5-10,15H,4,11-14H2,1-2H3,(H,23,28)(H,21,22,24). The van der Waals surface area contributed by atoms with Gasteiger partial charge >= 0.3 is 0 Å². The molecule has 2 aromatic rings. The summed E-state index contributed by atoms with van der Waals surface area (Å²) < 4.78 is 27.1. The molecule has 1 aromatic heterocycles. The van der Waals surface area contributed by atoms with Crippen molar-refractivity contribution in [1.29, 1.82) is 0 Å². The minimum absolute atomic E-state index is 0.0149. The van der Waals surface area contributed by atoms with Gasteiger partial charge in [-0.2, -0.15) is 0 Å². The first-order valence-electron chi connectivity index (χ1n) is 9.88. The van der Waals surface area contributed by atoms with Gasteiger partial charge in [0, 0.05) is 37.6 Å². The zero-order chi connectivity index (χ0) is 22.4. The van der Waals surface area contributed by atoms with E-state index in [0.717, 1.165) is 13.0 Å². The van der Waals surface area contributed by atoms with Gasteiger partial charge in [0.2, 0.25) is 17.8 Å². The van der Waals surface area contributed by atoms with E-state index in [1.54, 1.807) is 11.0 Å². The van der Waals surface area contributed by atoms with Crippen molar-refractivity contribution in [2.24, 2.45) is 5.92 Å². The Hall–Kier alpha value is -3.05. The number of amides is 2. The van der Waals surface area contributed by atoms with Gasteiger partial charge in [0.25, 0.3) is 10.0 Å².